The predicted molar refractivity (Wildman–Crippen MR) is 73.4 cm³/mol. The SMILES string of the molecule is NC(=O)Nc1cccc(NCc2occc2Br)c1. The Balaban J connectivity index is 2.01. The van der Waals surface area contributed by atoms with Gasteiger partial charge in [0.05, 0.1) is 17.3 Å². The summed E-state index contributed by atoms with van der Waals surface area (Å²) >= 11 is 3.38. The summed E-state index contributed by atoms with van der Waals surface area (Å²) in [6.45, 7) is 0.549. The van der Waals surface area contributed by atoms with Gasteiger partial charge in [-0.2, -0.15) is 0 Å². The molecule has 0 fully saturated rings. The normalized spacial score (nSPS) is 10.1. The topological polar surface area (TPSA) is 80.3 Å². The van der Waals surface area contributed by atoms with Crippen LogP contribution >= 0.6 is 15.9 Å². The number of primary amides is 1. The zero-order valence-electron chi connectivity index (χ0n) is 9.44. The lowest BCUT2D eigenvalue weighted by molar-refractivity contribution is 0.259. The summed E-state index contributed by atoms with van der Waals surface area (Å²) in [5, 5.41) is 5.70. The quantitative estimate of drug-likeness (QED) is 0.811. The lowest BCUT2D eigenvalue weighted by atomic mass is 10.2. The lowest BCUT2D eigenvalue weighted by Gasteiger charge is -2.07. The number of hydrogen-bond donors (Lipinski definition) is 3. The number of benzene rings is 1. The van der Waals surface area contributed by atoms with E-state index in [2.05, 4.69) is 26.6 Å². The van der Waals surface area contributed by atoms with Gasteiger partial charge >= 0.3 is 6.03 Å². The van der Waals surface area contributed by atoms with Crippen LogP contribution in [-0.4, -0.2) is 6.03 Å². The molecule has 0 aliphatic heterocycles. The van der Waals surface area contributed by atoms with E-state index in [1.807, 2.05) is 18.2 Å². The van der Waals surface area contributed by atoms with Gasteiger partial charge in [-0.3, -0.25) is 0 Å². The minimum atomic E-state index is -0.582. The largest absolute Gasteiger partial charge is 0.466 e. The van der Waals surface area contributed by atoms with Gasteiger partial charge < -0.3 is 20.8 Å². The first-order valence-corrected chi connectivity index (χ1v) is 6.07. The van der Waals surface area contributed by atoms with Crippen molar-refractivity contribution >= 4 is 33.3 Å². The Morgan fingerprint density at radius 3 is 2.78 bits per heavy atom. The summed E-state index contributed by atoms with van der Waals surface area (Å²) in [4.78, 5) is 10.7. The standard InChI is InChI=1S/C12H12BrN3O2/c13-10-4-5-18-11(10)7-15-8-2-1-3-9(6-8)16-12(14)17/h1-6,15H,7H2,(H3,14,16,17). The summed E-state index contributed by atoms with van der Waals surface area (Å²) < 4.78 is 6.20. The number of amides is 2. The van der Waals surface area contributed by atoms with Crippen LogP contribution in [0.1, 0.15) is 5.76 Å². The molecule has 2 aromatic rings. The average Bonchev–Trinajstić information content (AvgIpc) is 2.72. The molecule has 0 aliphatic carbocycles. The molecule has 2 rings (SSSR count). The fraction of sp³-hybridized carbons (Fsp3) is 0.0833. The molecule has 0 unspecified atom stereocenters. The van der Waals surface area contributed by atoms with Crippen LogP contribution in [0.2, 0.25) is 0 Å². The number of anilines is 2. The molecule has 0 atom stereocenters. The summed E-state index contributed by atoms with van der Waals surface area (Å²) in [5.74, 6) is 0.809. The molecule has 94 valence electrons. The molecular formula is C12H12BrN3O2. The average molecular weight is 310 g/mol. The van der Waals surface area contributed by atoms with E-state index in [4.69, 9.17) is 10.2 Å². The predicted octanol–water partition coefficient (Wildman–Crippen LogP) is 3.14. The second-order valence-electron chi connectivity index (χ2n) is 3.62. The van der Waals surface area contributed by atoms with Gasteiger partial charge in [-0.05, 0) is 40.2 Å². The van der Waals surface area contributed by atoms with Crippen LogP contribution in [0, 0.1) is 0 Å². The Labute approximate surface area is 112 Å². The van der Waals surface area contributed by atoms with Crippen LogP contribution in [0.15, 0.2) is 45.5 Å². The van der Waals surface area contributed by atoms with Crippen LogP contribution < -0.4 is 16.4 Å². The van der Waals surface area contributed by atoms with E-state index in [0.29, 0.717) is 12.2 Å². The molecule has 1 aromatic carbocycles. The smallest absolute Gasteiger partial charge is 0.316 e. The third kappa shape index (κ3) is 3.27. The first-order chi connectivity index (χ1) is 8.65. The van der Waals surface area contributed by atoms with Gasteiger partial charge in [-0.1, -0.05) is 6.07 Å². The molecule has 5 nitrogen and oxygen atoms in total. The van der Waals surface area contributed by atoms with Crippen LogP contribution in [0.5, 0.6) is 0 Å². The number of nitrogens with two attached hydrogens (primary N) is 1. The Morgan fingerprint density at radius 2 is 2.11 bits per heavy atom. The van der Waals surface area contributed by atoms with E-state index >= 15 is 0 Å². The van der Waals surface area contributed by atoms with Crippen molar-refractivity contribution in [2.45, 2.75) is 6.54 Å². The van der Waals surface area contributed by atoms with Crippen LogP contribution in [-0.2, 0) is 6.54 Å². The lowest BCUT2D eigenvalue weighted by Crippen LogP contribution is -2.19. The second kappa shape index (κ2) is 5.59. The van der Waals surface area contributed by atoms with Gasteiger partial charge in [0.25, 0.3) is 0 Å². The fourth-order valence-corrected chi connectivity index (χ4v) is 1.82. The highest BCUT2D eigenvalue weighted by Gasteiger charge is 2.03. The number of halogens is 1. The number of carbonyl (C=O) groups excluding carboxylic acids is 1. The number of urea groups is 1. The Bertz CT molecular complexity index is 554. The Morgan fingerprint density at radius 1 is 1.33 bits per heavy atom. The maximum atomic E-state index is 10.7. The zero-order valence-corrected chi connectivity index (χ0v) is 11.0. The highest BCUT2D eigenvalue weighted by Crippen LogP contribution is 2.20. The molecule has 18 heavy (non-hydrogen) atoms. The third-order valence-electron chi connectivity index (χ3n) is 2.27. The van der Waals surface area contributed by atoms with Crippen molar-refractivity contribution in [3.63, 3.8) is 0 Å². The molecule has 0 saturated heterocycles. The zero-order chi connectivity index (χ0) is 13.0. The van der Waals surface area contributed by atoms with Gasteiger partial charge in [0.1, 0.15) is 5.76 Å². The van der Waals surface area contributed by atoms with Crippen LogP contribution in [0.4, 0.5) is 16.2 Å². The minimum Gasteiger partial charge on any atom is -0.466 e. The number of hydrogen-bond acceptors (Lipinski definition) is 3. The van der Waals surface area contributed by atoms with Crippen molar-refractivity contribution < 1.29 is 9.21 Å². The van der Waals surface area contributed by atoms with Gasteiger partial charge in [-0.25, -0.2) is 4.79 Å². The highest BCUT2D eigenvalue weighted by atomic mass is 79.9. The van der Waals surface area contributed by atoms with E-state index in [9.17, 15) is 4.79 Å². The highest BCUT2D eigenvalue weighted by molar-refractivity contribution is 9.10. The van der Waals surface area contributed by atoms with Crippen molar-refractivity contribution in [3.8, 4) is 0 Å². The van der Waals surface area contributed by atoms with Crippen molar-refractivity contribution in [1.82, 2.24) is 0 Å². The van der Waals surface area contributed by atoms with Crippen LogP contribution in [0.3, 0.4) is 0 Å². The van der Waals surface area contributed by atoms with Gasteiger partial charge in [-0.15, -0.1) is 0 Å². The molecule has 0 saturated carbocycles. The summed E-state index contributed by atoms with van der Waals surface area (Å²) in [6.07, 6.45) is 1.62. The van der Waals surface area contributed by atoms with Crippen molar-refractivity contribution in [1.29, 1.82) is 0 Å². The second-order valence-corrected chi connectivity index (χ2v) is 4.47. The third-order valence-corrected chi connectivity index (χ3v) is 2.98. The molecule has 1 aromatic heterocycles. The molecule has 0 bridgehead atoms. The summed E-state index contributed by atoms with van der Waals surface area (Å²) in [7, 11) is 0. The maximum absolute atomic E-state index is 10.7. The van der Waals surface area contributed by atoms with E-state index < -0.39 is 6.03 Å². The number of carbonyl (C=O) groups is 1. The van der Waals surface area contributed by atoms with Crippen molar-refractivity contribution in [3.05, 3.63) is 46.8 Å². The molecule has 2 amide bonds. The summed E-state index contributed by atoms with van der Waals surface area (Å²) in [6, 6.07) is 8.52. The van der Waals surface area contributed by atoms with Gasteiger partial charge in [0, 0.05) is 11.4 Å². The van der Waals surface area contributed by atoms with Crippen molar-refractivity contribution in [2.24, 2.45) is 5.73 Å². The molecular weight excluding hydrogens is 298 g/mol. The van der Waals surface area contributed by atoms with E-state index in [0.717, 1.165) is 15.9 Å². The van der Waals surface area contributed by atoms with E-state index in [1.165, 1.54) is 0 Å². The molecule has 1 heterocycles. The van der Waals surface area contributed by atoms with E-state index in [1.54, 1.807) is 18.4 Å². The molecule has 0 spiro atoms. The van der Waals surface area contributed by atoms with Crippen LogP contribution in [0.25, 0.3) is 0 Å². The fourth-order valence-electron chi connectivity index (χ4n) is 1.48. The Hall–Kier alpha value is -1.95. The van der Waals surface area contributed by atoms with Crippen molar-refractivity contribution in [2.75, 3.05) is 10.6 Å². The molecule has 0 aliphatic rings. The Kier molecular flexibility index (Phi) is 3.88. The molecule has 4 N–H and O–H groups in total. The first kappa shape index (κ1) is 12.5. The van der Waals surface area contributed by atoms with E-state index in [-0.39, 0.29) is 0 Å². The number of nitrogens with one attached hydrogen (secondary N) is 2. The maximum Gasteiger partial charge on any atom is 0.316 e. The van der Waals surface area contributed by atoms with Gasteiger partial charge in [0.2, 0.25) is 0 Å². The molecule has 6 heteroatoms. The minimum absolute atomic E-state index is 0.549. The number of furan rings is 1. The van der Waals surface area contributed by atoms with Gasteiger partial charge in [0.15, 0.2) is 0 Å². The molecule has 0 radical (unpaired) electrons. The monoisotopic (exact) mass is 309 g/mol. The first-order valence-electron chi connectivity index (χ1n) is 5.27. The summed E-state index contributed by atoms with van der Waals surface area (Å²) in [5.41, 5.74) is 6.56. The number of rotatable bonds is 4.